The number of nitrogens with zero attached hydrogens (tertiary/aromatic N) is 4. The van der Waals surface area contributed by atoms with E-state index >= 15 is 0 Å². The minimum atomic E-state index is -1.01. The molecule has 1 aromatic carbocycles. The number of benzene rings is 1. The lowest BCUT2D eigenvalue weighted by Gasteiger charge is -2.31. The quantitative estimate of drug-likeness (QED) is 0.754. The van der Waals surface area contributed by atoms with Crippen molar-refractivity contribution in [3.63, 3.8) is 0 Å². The van der Waals surface area contributed by atoms with Gasteiger partial charge in [-0.3, -0.25) is 14.3 Å². The van der Waals surface area contributed by atoms with Crippen molar-refractivity contribution in [2.24, 2.45) is 0 Å². The van der Waals surface area contributed by atoms with Crippen LogP contribution >= 0.6 is 0 Å². The Bertz CT molecular complexity index is 883. The molecule has 0 radical (unpaired) electrons. The molecule has 1 saturated heterocycles. The van der Waals surface area contributed by atoms with Crippen LogP contribution in [0.3, 0.4) is 0 Å². The first-order chi connectivity index (χ1) is 13.5. The van der Waals surface area contributed by atoms with Gasteiger partial charge >= 0.3 is 0 Å². The molecule has 1 unspecified atom stereocenters. The zero-order valence-corrected chi connectivity index (χ0v) is 17.0. The Morgan fingerprint density at radius 1 is 1.04 bits per heavy atom. The van der Waals surface area contributed by atoms with E-state index in [1.807, 2.05) is 6.92 Å². The molecule has 0 N–H and O–H groups in total. The molecule has 0 saturated carbocycles. The number of rotatable bonds is 6. The van der Waals surface area contributed by atoms with Crippen molar-refractivity contribution in [2.75, 3.05) is 32.7 Å². The van der Waals surface area contributed by atoms with Gasteiger partial charge in [0.15, 0.2) is 11.6 Å². The zero-order valence-electron chi connectivity index (χ0n) is 17.0. The van der Waals surface area contributed by atoms with Crippen LogP contribution in [0.15, 0.2) is 16.9 Å². The fraction of sp³-hybridized carbons (Fsp3) is 0.619. The van der Waals surface area contributed by atoms with Crippen LogP contribution in [0.4, 0.5) is 8.78 Å². The number of aromatic nitrogens is 2. The molecule has 1 aromatic heterocycles. The second-order valence-electron chi connectivity index (χ2n) is 7.43. The van der Waals surface area contributed by atoms with E-state index in [0.717, 1.165) is 64.1 Å². The third kappa shape index (κ3) is 4.10. The van der Waals surface area contributed by atoms with Gasteiger partial charge in [0.1, 0.15) is 5.82 Å². The Kier molecular flexibility index (Phi) is 6.78. The Morgan fingerprint density at radius 2 is 1.79 bits per heavy atom. The second kappa shape index (κ2) is 9.09. The minimum Gasteiger partial charge on any atom is -0.302 e. The monoisotopic (exact) mass is 392 g/mol. The highest BCUT2D eigenvalue weighted by Gasteiger charge is 2.27. The molecule has 3 rings (SSSR count). The van der Waals surface area contributed by atoms with Crippen molar-refractivity contribution in [1.29, 1.82) is 0 Å². The number of halogens is 2. The van der Waals surface area contributed by atoms with Crippen LogP contribution in [0.2, 0.25) is 0 Å². The predicted molar refractivity (Wildman–Crippen MR) is 108 cm³/mol. The topological polar surface area (TPSA) is 41.4 Å². The molecule has 154 valence electrons. The van der Waals surface area contributed by atoms with E-state index in [2.05, 4.69) is 28.6 Å². The van der Waals surface area contributed by atoms with Crippen LogP contribution < -0.4 is 5.56 Å². The number of fused-ring (bicyclic) bond motifs is 1. The normalized spacial score (nSPS) is 17.8. The van der Waals surface area contributed by atoms with Gasteiger partial charge in [-0.15, -0.1) is 0 Å². The average molecular weight is 392 g/mol. The van der Waals surface area contributed by atoms with Crippen LogP contribution in [0.1, 0.15) is 51.9 Å². The molecular formula is C21H30F2N4O. The molecule has 0 aliphatic carbocycles. The van der Waals surface area contributed by atoms with Crippen LogP contribution in [0.25, 0.3) is 10.9 Å². The molecule has 0 amide bonds. The molecule has 28 heavy (non-hydrogen) atoms. The van der Waals surface area contributed by atoms with E-state index in [1.54, 1.807) is 4.57 Å². The van der Waals surface area contributed by atoms with E-state index in [0.29, 0.717) is 12.4 Å². The summed E-state index contributed by atoms with van der Waals surface area (Å²) in [6.45, 7) is 11.6. The molecular weight excluding hydrogens is 362 g/mol. The molecule has 2 heterocycles. The van der Waals surface area contributed by atoms with Crippen molar-refractivity contribution in [3.8, 4) is 0 Å². The third-order valence-electron chi connectivity index (χ3n) is 5.71. The van der Waals surface area contributed by atoms with E-state index in [-0.39, 0.29) is 22.5 Å². The largest absolute Gasteiger partial charge is 0.302 e. The summed E-state index contributed by atoms with van der Waals surface area (Å²) >= 11 is 0. The standard InChI is InChI=1S/C21H30F2N4O/c1-4-8-19(26-10-7-9-25(5-2)11-12-26)20-24-18-14-17(23)16(22)13-15(18)21(28)27(20)6-3/h13-14,19H,4-12H2,1-3H3. The van der Waals surface area contributed by atoms with E-state index in [9.17, 15) is 13.6 Å². The lowest BCUT2D eigenvalue weighted by molar-refractivity contribution is 0.177. The first-order valence-electron chi connectivity index (χ1n) is 10.4. The second-order valence-corrected chi connectivity index (χ2v) is 7.43. The number of hydrogen-bond donors (Lipinski definition) is 0. The van der Waals surface area contributed by atoms with Crippen molar-refractivity contribution in [2.45, 2.75) is 52.6 Å². The smallest absolute Gasteiger partial charge is 0.261 e. The highest BCUT2D eigenvalue weighted by molar-refractivity contribution is 5.77. The molecule has 0 bridgehead atoms. The van der Waals surface area contributed by atoms with E-state index < -0.39 is 11.6 Å². The van der Waals surface area contributed by atoms with Crippen LogP contribution in [0, 0.1) is 11.6 Å². The lowest BCUT2D eigenvalue weighted by atomic mass is 10.1. The van der Waals surface area contributed by atoms with Gasteiger partial charge in [-0.05, 0) is 38.9 Å². The maximum absolute atomic E-state index is 13.8. The summed E-state index contributed by atoms with van der Waals surface area (Å²) in [5, 5.41) is 0.132. The summed E-state index contributed by atoms with van der Waals surface area (Å²) in [6.07, 6.45) is 2.89. The molecule has 1 atom stereocenters. The van der Waals surface area contributed by atoms with Gasteiger partial charge in [-0.1, -0.05) is 20.3 Å². The molecule has 7 heteroatoms. The van der Waals surface area contributed by atoms with Crippen molar-refractivity contribution < 1.29 is 8.78 Å². The van der Waals surface area contributed by atoms with Crippen LogP contribution in [-0.2, 0) is 6.54 Å². The van der Waals surface area contributed by atoms with Crippen molar-refractivity contribution in [3.05, 3.63) is 39.9 Å². The van der Waals surface area contributed by atoms with Crippen LogP contribution in [0.5, 0.6) is 0 Å². The molecule has 0 spiro atoms. The summed E-state index contributed by atoms with van der Waals surface area (Å²) in [7, 11) is 0. The molecule has 1 aliphatic heterocycles. The molecule has 1 fully saturated rings. The Labute approximate surface area is 165 Å². The van der Waals surface area contributed by atoms with E-state index in [1.165, 1.54) is 0 Å². The number of hydrogen-bond acceptors (Lipinski definition) is 4. The van der Waals surface area contributed by atoms with Crippen molar-refractivity contribution in [1.82, 2.24) is 19.4 Å². The first-order valence-corrected chi connectivity index (χ1v) is 10.4. The molecule has 1 aliphatic rings. The van der Waals surface area contributed by atoms with Gasteiger partial charge in [0, 0.05) is 32.2 Å². The van der Waals surface area contributed by atoms with Crippen molar-refractivity contribution >= 4 is 10.9 Å². The SMILES string of the molecule is CCCC(c1nc2cc(F)c(F)cc2c(=O)n1CC)N1CCCN(CC)CC1. The summed E-state index contributed by atoms with van der Waals surface area (Å²) in [5.74, 6) is -1.32. The minimum absolute atomic E-state index is 0.00743. The van der Waals surface area contributed by atoms with Gasteiger partial charge in [-0.25, -0.2) is 13.8 Å². The van der Waals surface area contributed by atoms with E-state index in [4.69, 9.17) is 0 Å². The zero-order chi connectivity index (χ0) is 20.3. The van der Waals surface area contributed by atoms with Gasteiger partial charge < -0.3 is 4.90 Å². The Hall–Kier alpha value is -1.86. The summed E-state index contributed by atoms with van der Waals surface area (Å²) in [6, 6.07) is 2.00. The van der Waals surface area contributed by atoms with Gasteiger partial charge in [0.25, 0.3) is 5.56 Å². The fourth-order valence-corrected chi connectivity index (χ4v) is 4.16. The average Bonchev–Trinajstić information content (AvgIpc) is 2.93. The Balaban J connectivity index is 2.09. The summed E-state index contributed by atoms with van der Waals surface area (Å²) < 4.78 is 29.1. The maximum atomic E-state index is 13.8. The third-order valence-corrected chi connectivity index (χ3v) is 5.71. The summed E-state index contributed by atoms with van der Waals surface area (Å²) in [4.78, 5) is 22.5. The van der Waals surface area contributed by atoms with Gasteiger partial charge in [-0.2, -0.15) is 0 Å². The highest BCUT2D eigenvalue weighted by Crippen LogP contribution is 2.27. The predicted octanol–water partition coefficient (Wildman–Crippen LogP) is 3.56. The fourth-order valence-electron chi connectivity index (χ4n) is 4.16. The number of likely N-dealkylation sites (N-methyl/N-ethyl adjacent to an activating group) is 1. The summed E-state index contributed by atoms with van der Waals surface area (Å²) in [5.41, 5.74) is -0.0674. The van der Waals surface area contributed by atoms with Gasteiger partial charge in [0.05, 0.1) is 16.9 Å². The lowest BCUT2D eigenvalue weighted by Crippen LogP contribution is -2.37. The molecule has 5 nitrogen and oxygen atoms in total. The van der Waals surface area contributed by atoms with Gasteiger partial charge in [0.2, 0.25) is 0 Å². The molecule has 2 aromatic rings. The first kappa shape index (κ1) is 20.9. The highest BCUT2D eigenvalue weighted by atomic mass is 19.2. The maximum Gasteiger partial charge on any atom is 0.261 e. The van der Waals surface area contributed by atoms with Crippen LogP contribution in [-0.4, -0.2) is 52.1 Å². The Morgan fingerprint density at radius 3 is 2.46 bits per heavy atom.